The average Bonchev–Trinajstić information content (AvgIpc) is 2.63. The van der Waals surface area contributed by atoms with Crippen LogP contribution in [-0.2, 0) is 23.9 Å². The summed E-state index contributed by atoms with van der Waals surface area (Å²) in [4.78, 5) is 58.5. The van der Waals surface area contributed by atoms with Gasteiger partial charge in [-0.15, -0.1) is 28.3 Å². The zero-order valence-corrected chi connectivity index (χ0v) is 15.4. The number of rotatable bonds is 7. The molecule has 0 aromatic heterocycles. The maximum atomic E-state index is 12.4. The van der Waals surface area contributed by atoms with Gasteiger partial charge in [0.2, 0.25) is 5.70 Å². The third kappa shape index (κ3) is 4.06. The molecule has 1 fully saturated rings. The maximum Gasteiger partial charge on any atom is 0.352 e. The van der Waals surface area contributed by atoms with E-state index in [-0.39, 0.29) is 23.6 Å². The van der Waals surface area contributed by atoms with E-state index in [1.165, 1.54) is 6.92 Å². The van der Waals surface area contributed by atoms with Crippen molar-refractivity contribution in [2.24, 2.45) is 5.18 Å². The summed E-state index contributed by atoms with van der Waals surface area (Å²) < 4.78 is 4.81. The lowest BCUT2D eigenvalue weighted by Gasteiger charge is -2.49. The number of ether oxygens (including phenoxy) is 1. The number of β-lactam (4-membered cyclic amide) rings is 1. The average molecular weight is 420 g/mol. The van der Waals surface area contributed by atoms with Crippen LogP contribution >= 0.6 is 23.4 Å². The fourth-order valence-corrected chi connectivity index (χ4v) is 3.94. The number of nitrogens with zero attached hydrogens (tertiary/aromatic N) is 2. The van der Waals surface area contributed by atoms with Crippen molar-refractivity contribution >= 4 is 47.1 Å². The Morgan fingerprint density at radius 1 is 1.41 bits per heavy atom. The molecule has 0 aromatic rings. The number of aliphatic hydroxyl groups excluding tert-OH is 1. The summed E-state index contributed by atoms with van der Waals surface area (Å²) in [6.45, 7) is 0.894. The highest BCUT2D eigenvalue weighted by Crippen LogP contribution is 2.40. The highest BCUT2D eigenvalue weighted by molar-refractivity contribution is 8.00. The van der Waals surface area contributed by atoms with Crippen LogP contribution in [-0.4, -0.2) is 68.5 Å². The van der Waals surface area contributed by atoms with Gasteiger partial charge in [-0.3, -0.25) is 19.3 Å². The predicted octanol–water partition coefficient (Wildman–Crippen LogP) is 0.0629. The van der Waals surface area contributed by atoms with Crippen molar-refractivity contribution in [1.82, 2.24) is 10.2 Å². The first kappa shape index (κ1) is 20.7. The molecular formula is C14H14ClN3O8S. The number of fused-ring (bicyclic) bond motifs is 1. The monoisotopic (exact) mass is 419 g/mol. The lowest BCUT2D eigenvalue weighted by atomic mass is 10.0. The number of allylic oxidation sites excluding steroid dienone is 1. The van der Waals surface area contributed by atoms with E-state index >= 15 is 0 Å². The molecule has 3 N–H and O–H groups in total. The number of nitroso groups, excluding NO2 is 1. The van der Waals surface area contributed by atoms with E-state index in [1.807, 2.05) is 0 Å². The van der Waals surface area contributed by atoms with Crippen molar-refractivity contribution in [3.05, 3.63) is 27.6 Å². The largest absolute Gasteiger partial charge is 0.508 e. The van der Waals surface area contributed by atoms with Crippen LogP contribution in [0.1, 0.15) is 6.92 Å². The Balaban J connectivity index is 2.20. The van der Waals surface area contributed by atoms with E-state index < -0.39 is 52.5 Å². The van der Waals surface area contributed by atoms with E-state index in [9.17, 15) is 34.3 Å². The van der Waals surface area contributed by atoms with Gasteiger partial charge in [-0.05, 0) is 5.18 Å². The van der Waals surface area contributed by atoms with Crippen molar-refractivity contribution in [1.29, 1.82) is 0 Å². The van der Waals surface area contributed by atoms with Crippen LogP contribution in [0.15, 0.2) is 27.9 Å². The van der Waals surface area contributed by atoms with Gasteiger partial charge in [-0.25, -0.2) is 4.79 Å². The van der Waals surface area contributed by atoms with E-state index in [0.29, 0.717) is 0 Å². The van der Waals surface area contributed by atoms with Gasteiger partial charge in [0.25, 0.3) is 11.8 Å². The number of aliphatic hydroxyl groups is 1. The van der Waals surface area contributed by atoms with Gasteiger partial charge in [0.1, 0.15) is 29.5 Å². The normalized spacial score (nSPS) is 22.3. The fraction of sp³-hybridized carbons (Fsp3) is 0.429. The number of carboxylic acid groups (broad SMARTS) is 1. The molecule has 2 aliphatic rings. The first-order chi connectivity index (χ1) is 12.7. The Morgan fingerprint density at radius 2 is 2.07 bits per heavy atom. The molecule has 1 saturated heterocycles. The molecule has 0 spiro atoms. The van der Waals surface area contributed by atoms with E-state index in [1.54, 1.807) is 0 Å². The molecule has 146 valence electrons. The number of hydrogen-bond donors (Lipinski definition) is 3. The number of carboxylic acids is 1. The van der Waals surface area contributed by atoms with Crippen LogP contribution in [0.2, 0.25) is 0 Å². The van der Waals surface area contributed by atoms with Crippen molar-refractivity contribution < 1.29 is 34.1 Å². The number of nitrogens with one attached hydrogen (secondary N) is 1. The van der Waals surface area contributed by atoms with Gasteiger partial charge >= 0.3 is 11.9 Å². The molecule has 2 atom stereocenters. The second-order valence-corrected chi connectivity index (χ2v) is 6.79. The van der Waals surface area contributed by atoms with Crippen molar-refractivity contribution in [3.63, 3.8) is 0 Å². The van der Waals surface area contributed by atoms with Crippen LogP contribution in [0.25, 0.3) is 0 Å². The predicted molar refractivity (Wildman–Crippen MR) is 92.5 cm³/mol. The van der Waals surface area contributed by atoms with E-state index in [2.05, 4.69) is 10.5 Å². The van der Waals surface area contributed by atoms with Crippen molar-refractivity contribution in [3.8, 4) is 0 Å². The lowest BCUT2D eigenvalue weighted by Crippen LogP contribution is -2.70. The summed E-state index contributed by atoms with van der Waals surface area (Å²) in [5, 5.41) is 22.7. The molecular weight excluding hydrogens is 406 g/mol. The van der Waals surface area contributed by atoms with Crippen LogP contribution in [0.5, 0.6) is 0 Å². The number of thioether (sulfide) groups is 1. The molecule has 0 saturated carbocycles. The van der Waals surface area contributed by atoms with Crippen LogP contribution < -0.4 is 5.32 Å². The third-order valence-electron chi connectivity index (χ3n) is 3.69. The number of hydrogen-bond acceptors (Lipinski definition) is 9. The Morgan fingerprint density at radius 3 is 2.59 bits per heavy atom. The van der Waals surface area contributed by atoms with Gasteiger partial charge in [-0.2, -0.15) is 0 Å². The quantitative estimate of drug-likeness (QED) is 0.129. The minimum absolute atomic E-state index is 0.150. The molecule has 0 radical (unpaired) electrons. The second-order valence-electron chi connectivity index (χ2n) is 5.42. The minimum Gasteiger partial charge on any atom is -0.508 e. The number of esters is 1. The summed E-state index contributed by atoms with van der Waals surface area (Å²) in [7, 11) is 0. The molecule has 2 rings (SSSR count). The molecule has 0 aliphatic carbocycles. The molecule has 0 aromatic carbocycles. The molecule has 0 bridgehead atoms. The number of amides is 2. The number of carbonyl (C=O) groups is 4. The summed E-state index contributed by atoms with van der Waals surface area (Å²) in [6.07, 6.45) is 0. The number of carbonyl (C=O) groups excluding carboxylic acids is 3. The number of halogens is 1. The van der Waals surface area contributed by atoms with Crippen LogP contribution in [0.4, 0.5) is 0 Å². The smallest absolute Gasteiger partial charge is 0.352 e. The molecule has 27 heavy (non-hydrogen) atoms. The third-order valence-corrected chi connectivity index (χ3v) is 5.29. The molecule has 2 heterocycles. The second kappa shape index (κ2) is 8.39. The summed E-state index contributed by atoms with van der Waals surface area (Å²) in [6, 6.07) is -1.12. The van der Waals surface area contributed by atoms with Gasteiger partial charge in [0.15, 0.2) is 0 Å². The summed E-state index contributed by atoms with van der Waals surface area (Å²) in [5.41, 5.74) is -0.933. The van der Waals surface area contributed by atoms with Gasteiger partial charge in [0, 0.05) is 18.2 Å². The van der Waals surface area contributed by atoms with E-state index in [0.717, 1.165) is 16.7 Å². The van der Waals surface area contributed by atoms with Crippen molar-refractivity contribution in [2.45, 2.75) is 18.3 Å². The first-order valence-electron chi connectivity index (χ1n) is 7.38. The van der Waals surface area contributed by atoms with E-state index in [4.69, 9.17) is 16.3 Å². The van der Waals surface area contributed by atoms with Crippen LogP contribution in [0, 0.1) is 4.91 Å². The van der Waals surface area contributed by atoms with Gasteiger partial charge < -0.3 is 20.3 Å². The molecule has 13 heteroatoms. The Hall–Kier alpha value is -2.60. The molecule has 2 aliphatic heterocycles. The fourth-order valence-electron chi connectivity index (χ4n) is 2.48. The minimum atomic E-state index is -1.38. The molecule has 2 amide bonds. The SMILES string of the molecule is CC(=O)OCC1=C(C(=O)O)N2C(=O)C(NC(=O)C(N=O)=C(O)CCl)[C@@H]2SC1. The summed E-state index contributed by atoms with van der Waals surface area (Å²) in [5.74, 6) is -4.93. The zero-order chi connectivity index (χ0) is 20.3. The van der Waals surface area contributed by atoms with Crippen LogP contribution in [0.3, 0.4) is 0 Å². The lowest BCUT2D eigenvalue weighted by molar-refractivity contribution is -0.150. The standard InChI is InChI=1S/C14H14ClN3O8S/c1-5(19)26-3-6-4-27-13-9(12(22)18(13)10(6)14(23)24)16-11(21)8(17-25)7(20)2-15/h9,13,20H,2-4H2,1H3,(H,16,21)(H,23,24)/t9?,13-/m0/s1. The topological polar surface area (TPSA) is 163 Å². The molecule has 11 nitrogen and oxygen atoms in total. The summed E-state index contributed by atoms with van der Waals surface area (Å²) >= 11 is 6.49. The highest BCUT2D eigenvalue weighted by atomic mass is 35.5. The van der Waals surface area contributed by atoms with Gasteiger partial charge in [0.05, 0.1) is 5.88 Å². The van der Waals surface area contributed by atoms with Gasteiger partial charge in [-0.1, -0.05) is 0 Å². The van der Waals surface area contributed by atoms with Crippen molar-refractivity contribution in [2.75, 3.05) is 18.2 Å². The Labute approximate surface area is 161 Å². The Bertz CT molecular complexity index is 780. The maximum absolute atomic E-state index is 12.4. The zero-order valence-electron chi connectivity index (χ0n) is 13.8. The highest BCUT2D eigenvalue weighted by Gasteiger charge is 2.54. The molecule has 1 unspecified atom stereocenters. The number of alkyl halides is 1. The number of aliphatic carboxylic acids is 1. The first-order valence-corrected chi connectivity index (χ1v) is 8.96. The Kier molecular flexibility index (Phi) is 6.44.